The number of aliphatic carboxylic acids is 1. The van der Waals surface area contributed by atoms with Gasteiger partial charge in [-0.15, -0.1) is 6.58 Å². The molecular formula is C8H14O4. The predicted molar refractivity (Wildman–Crippen MR) is 45.9 cm³/mol. The quantitative estimate of drug-likeness (QED) is 0.360. The second-order valence-corrected chi connectivity index (χ2v) is 1.63. The topological polar surface area (TPSA) is 66.8 Å². The molecule has 0 saturated heterocycles. The van der Waals surface area contributed by atoms with E-state index in [1.807, 2.05) is 0 Å². The summed E-state index contributed by atoms with van der Waals surface area (Å²) in [7, 11) is 0. The van der Waals surface area contributed by atoms with E-state index < -0.39 is 5.97 Å². The molecule has 0 aromatic rings. The summed E-state index contributed by atoms with van der Waals surface area (Å²) in [5.41, 5.74) is 0. The molecule has 2 N–H and O–H groups in total. The van der Waals surface area contributed by atoms with E-state index in [1.54, 1.807) is 6.08 Å². The molecule has 4 heteroatoms. The van der Waals surface area contributed by atoms with Crippen molar-refractivity contribution >= 4 is 5.97 Å². The van der Waals surface area contributed by atoms with Crippen molar-refractivity contribution in [3.63, 3.8) is 0 Å². The van der Waals surface area contributed by atoms with Gasteiger partial charge in [-0.2, -0.15) is 0 Å². The lowest BCUT2D eigenvalue weighted by atomic mass is 10.7. The molecule has 0 aliphatic carbocycles. The lowest BCUT2D eigenvalue weighted by molar-refractivity contribution is -0.131. The highest BCUT2D eigenvalue weighted by Gasteiger charge is 1.75. The molecule has 0 bridgehead atoms. The SMILES string of the molecule is C=CC(=O)O.C=CCOCCO. The molecule has 0 unspecified atom stereocenters. The molecule has 0 radical (unpaired) electrons. The molecule has 0 aliphatic heterocycles. The fraction of sp³-hybridized carbons (Fsp3) is 0.375. The number of carbonyl (C=O) groups is 1. The molecule has 12 heavy (non-hydrogen) atoms. The smallest absolute Gasteiger partial charge is 0.327 e. The summed E-state index contributed by atoms with van der Waals surface area (Å²) in [6.07, 6.45) is 2.48. The van der Waals surface area contributed by atoms with E-state index in [-0.39, 0.29) is 6.61 Å². The first kappa shape index (κ1) is 13.5. The zero-order valence-electron chi connectivity index (χ0n) is 6.90. The van der Waals surface area contributed by atoms with Crippen LogP contribution in [0.2, 0.25) is 0 Å². The fourth-order valence-corrected chi connectivity index (χ4v) is 0.231. The third-order valence-electron chi connectivity index (χ3n) is 0.646. The highest BCUT2D eigenvalue weighted by atomic mass is 16.5. The van der Waals surface area contributed by atoms with Crippen LogP contribution >= 0.6 is 0 Å². The van der Waals surface area contributed by atoms with Gasteiger partial charge in [0, 0.05) is 6.08 Å². The molecule has 0 saturated carbocycles. The van der Waals surface area contributed by atoms with E-state index >= 15 is 0 Å². The maximum Gasteiger partial charge on any atom is 0.327 e. The summed E-state index contributed by atoms with van der Waals surface area (Å²) in [6.45, 7) is 7.41. The Morgan fingerprint density at radius 2 is 2.00 bits per heavy atom. The van der Waals surface area contributed by atoms with Crippen LogP contribution in [0.25, 0.3) is 0 Å². The van der Waals surface area contributed by atoms with E-state index in [0.29, 0.717) is 13.2 Å². The Hall–Kier alpha value is -1.13. The van der Waals surface area contributed by atoms with Crippen molar-refractivity contribution in [2.24, 2.45) is 0 Å². The first-order valence-electron chi connectivity index (χ1n) is 3.33. The minimum absolute atomic E-state index is 0.0911. The minimum atomic E-state index is -0.981. The van der Waals surface area contributed by atoms with Crippen molar-refractivity contribution in [3.8, 4) is 0 Å². The molecule has 0 fully saturated rings. The van der Waals surface area contributed by atoms with Crippen LogP contribution in [0.3, 0.4) is 0 Å². The van der Waals surface area contributed by atoms with E-state index in [1.165, 1.54) is 0 Å². The van der Waals surface area contributed by atoms with Crippen LogP contribution in [-0.2, 0) is 9.53 Å². The molecule has 0 atom stereocenters. The van der Waals surface area contributed by atoms with Gasteiger partial charge in [0.1, 0.15) is 0 Å². The first-order valence-corrected chi connectivity index (χ1v) is 3.33. The van der Waals surface area contributed by atoms with E-state index in [9.17, 15) is 4.79 Å². The third-order valence-corrected chi connectivity index (χ3v) is 0.646. The Kier molecular flexibility index (Phi) is 14.1. The number of carboxylic acid groups (broad SMARTS) is 1. The molecule has 0 heterocycles. The number of aliphatic hydroxyl groups is 1. The monoisotopic (exact) mass is 174 g/mol. The number of aliphatic hydroxyl groups excluding tert-OH is 1. The molecule has 0 aromatic carbocycles. The summed E-state index contributed by atoms with van der Waals surface area (Å²) in [6, 6.07) is 0. The van der Waals surface area contributed by atoms with Crippen molar-refractivity contribution in [2.75, 3.05) is 19.8 Å². The Labute approximate surface area is 71.8 Å². The number of carboxylic acids is 1. The van der Waals surface area contributed by atoms with E-state index in [4.69, 9.17) is 14.9 Å². The predicted octanol–water partition coefficient (Wildman–Crippen LogP) is 0.438. The van der Waals surface area contributed by atoms with Gasteiger partial charge in [0.2, 0.25) is 0 Å². The van der Waals surface area contributed by atoms with Gasteiger partial charge in [0.15, 0.2) is 0 Å². The van der Waals surface area contributed by atoms with Gasteiger partial charge < -0.3 is 14.9 Å². The second kappa shape index (κ2) is 12.5. The summed E-state index contributed by atoms with van der Waals surface area (Å²) in [5.74, 6) is -0.981. The number of ether oxygens (including phenoxy) is 1. The van der Waals surface area contributed by atoms with Crippen LogP contribution in [0.15, 0.2) is 25.3 Å². The average Bonchev–Trinajstić information content (AvgIpc) is 2.07. The number of hydrogen-bond donors (Lipinski definition) is 2. The maximum absolute atomic E-state index is 9.25. The molecule has 0 aromatic heterocycles. The zero-order valence-corrected chi connectivity index (χ0v) is 6.90. The van der Waals surface area contributed by atoms with Crippen molar-refractivity contribution in [1.29, 1.82) is 0 Å². The first-order chi connectivity index (χ1) is 5.68. The van der Waals surface area contributed by atoms with Gasteiger partial charge in [0.05, 0.1) is 19.8 Å². The van der Waals surface area contributed by atoms with Gasteiger partial charge in [-0.3, -0.25) is 0 Å². The lowest BCUT2D eigenvalue weighted by Crippen LogP contribution is -1.97. The molecule has 0 rings (SSSR count). The van der Waals surface area contributed by atoms with E-state index in [0.717, 1.165) is 6.08 Å². The summed E-state index contributed by atoms with van der Waals surface area (Å²) in [4.78, 5) is 9.25. The van der Waals surface area contributed by atoms with Crippen molar-refractivity contribution in [2.45, 2.75) is 0 Å². The van der Waals surface area contributed by atoms with Crippen LogP contribution in [0.4, 0.5) is 0 Å². The minimum Gasteiger partial charge on any atom is -0.478 e. The Balaban J connectivity index is 0. The molecule has 0 spiro atoms. The number of hydrogen-bond acceptors (Lipinski definition) is 3. The summed E-state index contributed by atoms with van der Waals surface area (Å²) >= 11 is 0. The summed E-state index contributed by atoms with van der Waals surface area (Å²) in [5, 5.41) is 15.7. The van der Waals surface area contributed by atoms with Crippen molar-refractivity contribution < 1.29 is 19.7 Å². The van der Waals surface area contributed by atoms with Crippen LogP contribution < -0.4 is 0 Å². The lowest BCUT2D eigenvalue weighted by Gasteiger charge is -1.92. The van der Waals surface area contributed by atoms with Crippen molar-refractivity contribution in [3.05, 3.63) is 25.3 Å². The Bertz CT molecular complexity index is 131. The maximum atomic E-state index is 9.25. The normalized spacial score (nSPS) is 7.75. The molecule has 70 valence electrons. The van der Waals surface area contributed by atoms with Gasteiger partial charge >= 0.3 is 5.97 Å². The highest BCUT2D eigenvalue weighted by Crippen LogP contribution is 1.70. The van der Waals surface area contributed by atoms with Gasteiger partial charge in [-0.1, -0.05) is 12.7 Å². The van der Waals surface area contributed by atoms with Crippen LogP contribution in [0, 0.1) is 0 Å². The second-order valence-electron chi connectivity index (χ2n) is 1.63. The third kappa shape index (κ3) is 23.2. The molecule has 4 nitrogen and oxygen atoms in total. The van der Waals surface area contributed by atoms with Crippen molar-refractivity contribution in [1.82, 2.24) is 0 Å². The van der Waals surface area contributed by atoms with Gasteiger partial charge in [-0.05, 0) is 0 Å². The van der Waals surface area contributed by atoms with Gasteiger partial charge in [0.25, 0.3) is 0 Å². The van der Waals surface area contributed by atoms with E-state index in [2.05, 4.69) is 13.2 Å². The Morgan fingerprint density at radius 1 is 1.50 bits per heavy atom. The zero-order chi connectivity index (χ0) is 9.82. The largest absolute Gasteiger partial charge is 0.478 e. The molecule has 0 aliphatic rings. The molecule has 0 amide bonds. The average molecular weight is 174 g/mol. The standard InChI is InChI=1S/C5H10O2.C3H4O2/c1-2-4-7-5-3-6;1-2-3(4)5/h2,6H,1,3-5H2;2H,1H2,(H,4,5). The number of rotatable bonds is 5. The van der Waals surface area contributed by atoms with Crippen LogP contribution in [-0.4, -0.2) is 36.0 Å². The van der Waals surface area contributed by atoms with Crippen LogP contribution in [0.1, 0.15) is 0 Å². The highest BCUT2D eigenvalue weighted by molar-refractivity contribution is 5.78. The summed E-state index contributed by atoms with van der Waals surface area (Å²) < 4.78 is 4.76. The molecular weight excluding hydrogens is 160 g/mol. The van der Waals surface area contributed by atoms with Gasteiger partial charge in [-0.25, -0.2) is 4.79 Å². The van der Waals surface area contributed by atoms with Crippen LogP contribution in [0.5, 0.6) is 0 Å². The fourth-order valence-electron chi connectivity index (χ4n) is 0.231. The Morgan fingerprint density at radius 3 is 2.25 bits per heavy atom.